The van der Waals surface area contributed by atoms with E-state index in [1.807, 2.05) is 12.1 Å². The van der Waals surface area contributed by atoms with E-state index in [1.54, 1.807) is 18.5 Å². The van der Waals surface area contributed by atoms with Crippen LogP contribution in [0.1, 0.15) is 22.7 Å². The molecule has 1 atom stereocenters. The topological polar surface area (TPSA) is 28.2 Å². The molecule has 0 amide bonds. The van der Waals surface area contributed by atoms with E-state index in [2.05, 4.69) is 15.2 Å². The van der Waals surface area contributed by atoms with Crippen LogP contribution in [0.25, 0.3) is 0 Å². The monoisotopic (exact) mass is 321 g/mol. The summed E-state index contributed by atoms with van der Waals surface area (Å²) in [4.78, 5) is 6.33. The molecule has 0 bridgehead atoms. The second-order valence-corrected chi connectivity index (χ2v) is 5.60. The minimum absolute atomic E-state index is 0.215. The van der Waals surface area contributed by atoms with Gasteiger partial charge in [-0.1, -0.05) is 18.2 Å². The van der Waals surface area contributed by atoms with E-state index in [9.17, 15) is 13.2 Å². The molecule has 1 N–H and O–H groups in total. The Balaban J connectivity index is 2.01. The number of piperazine rings is 1. The molecular weight excluding hydrogens is 303 g/mol. The van der Waals surface area contributed by atoms with E-state index in [4.69, 9.17) is 0 Å². The van der Waals surface area contributed by atoms with E-state index < -0.39 is 11.7 Å². The summed E-state index contributed by atoms with van der Waals surface area (Å²) in [5, 5.41) is 3.27. The average Bonchev–Trinajstić information content (AvgIpc) is 2.57. The summed E-state index contributed by atoms with van der Waals surface area (Å²) in [5.41, 5.74) is 0.947. The number of nitrogens with zero attached hydrogens (tertiary/aromatic N) is 2. The molecule has 1 aromatic heterocycles. The Hall–Kier alpha value is -1.92. The highest BCUT2D eigenvalue weighted by Crippen LogP contribution is 2.34. The predicted octanol–water partition coefficient (Wildman–Crippen LogP) is 3.10. The molecule has 122 valence electrons. The number of aromatic nitrogens is 1. The first-order valence-electron chi connectivity index (χ1n) is 7.57. The van der Waals surface area contributed by atoms with Gasteiger partial charge >= 0.3 is 6.18 Å². The van der Waals surface area contributed by atoms with Crippen molar-refractivity contribution in [2.45, 2.75) is 12.2 Å². The minimum Gasteiger partial charge on any atom is -0.314 e. The van der Waals surface area contributed by atoms with Crippen molar-refractivity contribution >= 4 is 0 Å². The number of alkyl halides is 3. The van der Waals surface area contributed by atoms with Crippen LogP contribution in [0.15, 0.2) is 48.8 Å². The number of benzene rings is 1. The molecule has 1 saturated heterocycles. The lowest BCUT2D eigenvalue weighted by Gasteiger charge is -2.35. The van der Waals surface area contributed by atoms with Gasteiger partial charge in [-0.25, -0.2) is 0 Å². The maximum absolute atomic E-state index is 13.0. The van der Waals surface area contributed by atoms with Crippen molar-refractivity contribution in [3.05, 3.63) is 65.5 Å². The van der Waals surface area contributed by atoms with Gasteiger partial charge in [-0.15, -0.1) is 0 Å². The van der Waals surface area contributed by atoms with Crippen LogP contribution in [0.3, 0.4) is 0 Å². The Kier molecular flexibility index (Phi) is 4.63. The van der Waals surface area contributed by atoms with Crippen molar-refractivity contribution in [1.29, 1.82) is 0 Å². The van der Waals surface area contributed by atoms with E-state index in [0.29, 0.717) is 5.56 Å². The van der Waals surface area contributed by atoms with Crippen molar-refractivity contribution < 1.29 is 13.2 Å². The Bertz CT molecular complexity index is 637. The normalized spacial score (nSPS) is 17.9. The summed E-state index contributed by atoms with van der Waals surface area (Å²) in [7, 11) is 0. The fourth-order valence-corrected chi connectivity index (χ4v) is 2.98. The zero-order valence-electron chi connectivity index (χ0n) is 12.6. The maximum atomic E-state index is 13.0. The van der Waals surface area contributed by atoms with Gasteiger partial charge in [0.25, 0.3) is 0 Å². The first-order chi connectivity index (χ1) is 11.1. The van der Waals surface area contributed by atoms with Gasteiger partial charge in [0, 0.05) is 38.6 Å². The van der Waals surface area contributed by atoms with Gasteiger partial charge in [0.2, 0.25) is 0 Å². The van der Waals surface area contributed by atoms with Gasteiger partial charge in [0.15, 0.2) is 0 Å². The second-order valence-electron chi connectivity index (χ2n) is 5.60. The number of hydrogen-bond donors (Lipinski definition) is 1. The number of hydrogen-bond acceptors (Lipinski definition) is 3. The molecular formula is C17H18F3N3. The van der Waals surface area contributed by atoms with Crippen molar-refractivity contribution in [2.24, 2.45) is 0 Å². The van der Waals surface area contributed by atoms with Gasteiger partial charge in [-0.3, -0.25) is 9.88 Å². The molecule has 3 rings (SSSR count). The lowest BCUT2D eigenvalue weighted by atomic mass is 9.96. The minimum atomic E-state index is -4.33. The maximum Gasteiger partial charge on any atom is 0.416 e. The molecule has 1 aliphatic heterocycles. The standard InChI is InChI=1S/C17H18F3N3/c18-17(19,20)15-5-1-3-13(11-15)16(14-4-2-6-22-12-14)23-9-7-21-8-10-23/h1-6,11-12,16,21H,7-10H2. The van der Waals surface area contributed by atoms with Crippen LogP contribution in [0, 0.1) is 0 Å². The zero-order valence-corrected chi connectivity index (χ0v) is 12.6. The summed E-state index contributed by atoms with van der Waals surface area (Å²) in [6.07, 6.45) is -0.934. The molecule has 1 unspecified atom stereocenters. The fraction of sp³-hybridized carbons (Fsp3) is 0.353. The molecule has 1 aliphatic rings. The van der Waals surface area contributed by atoms with Crippen LogP contribution in [0.5, 0.6) is 0 Å². The van der Waals surface area contributed by atoms with Crippen molar-refractivity contribution in [2.75, 3.05) is 26.2 Å². The molecule has 2 aromatic rings. The number of rotatable bonds is 3. The SMILES string of the molecule is FC(F)(F)c1cccc(C(c2cccnc2)N2CCNCC2)c1. The molecule has 1 aromatic carbocycles. The van der Waals surface area contributed by atoms with Gasteiger partial charge in [0.05, 0.1) is 11.6 Å². The summed E-state index contributed by atoms with van der Waals surface area (Å²) in [5.74, 6) is 0. The molecule has 23 heavy (non-hydrogen) atoms. The van der Waals surface area contributed by atoms with Crippen molar-refractivity contribution in [1.82, 2.24) is 15.2 Å². The van der Waals surface area contributed by atoms with Crippen LogP contribution in [-0.2, 0) is 6.18 Å². The van der Waals surface area contributed by atoms with Gasteiger partial charge in [0.1, 0.15) is 0 Å². The summed E-state index contributed by atoms with van der Waals surface area (Å²) in [6, 6.07) is 9.12. The lowest BCUT2D eigenvalue weighted by molar-refractivity contribution is -0.137. The molecule has 3 nitrogen and oxygen atoms in total. The third-order valence-electron chi connectivity index (χ3n) is 4.05. The third-order valence-corrected chi connectivity index (χ3v) is 4.05. The van der Waals surface area contributed by atoms with Crippen molar-refractivity contribution in [3.8, 4) is 0 Å². The predicted molar refractivity (Wildman–Crippen MR) is 82.0 cm³/mol. The summed E-state index contributed by atoms with van der Waals surface area (Å²) >= 11 is 0. The van der Waals surface area contributed by atoms with E-state index in [1.165, 1.54) is 12.1 Å². The van der Waals surface area contributed by atoms with Crippen LogP contribution in [0.2, 0.25) is 0 Å². The first-order valence-corrected chi connectivity index (χ1v) is 7.57. The van der Waals surface area contributed by atoms with E-state index in [-0.39, 0.29) is 6.04 Å². The fourth-order valence-electron chi connectivity index (χ4n) is 2.98. The largest absolute Gasteiger partial charge is 0.416 e. The third kappa shape index (κ3) is 3.71. The molecule has 0 aliphatic carbocycles. The highest BCUT2D eigenvalue weighted by Gasteiger charge is 2.32. The highest BCUT2D eigenvalue weighted by molar-refractivity contribution is 5.34. The van der Waals surface area contributed by atoms with Crippen LogP contribution < -0.4 is 5.32 Å². The smallest absolute Gasteiger partial charge is 0.314 e. The molecule has 0 saturated carbocycles. The van der Waals surface area contributed by atoms with Crippen LogP contribution >= 0.6 is 0 Å². The quantitative estimate of drug-likeness (QED) is 0.941. The van der Waals surface area contributed by atoms with Crippen molar-refractivity contribution in [3.63, 3.8) is 0 Å². The molecule has 0 radical (unpaired) electrons. The summed E-state index contributed by atoms with van der Waals surface area (Å²) in [6.45, 7) is 3.23. The Morgan fingerprint density at radius 3 is 2.43 bits per heavy atom. The second kappa shape index (κ2) is 6.68. The van der Waals surface area contributed by atoms with Crippen LogP contribution in [-0.4, -0.2) is 36.1 Å². The summed E-state index contributed by atoms with van der Waals surface area (Å²) < 4.78 is 39.1. The van der Waals surface area contributed by atoms with Gasteiger partial charge in [-0.2, -0.15) is 13.2 Å². The Labute approximate surface area is 133 Å². The molecule has 2 heterocycles. The molecule has 0 spiro atoms. The molecule has 1 fully saturated rings. The zero-order chi connectivity index (χ0) is 16.3. The number of pyridine rings is 1. The average molecular weight is 321 g/mol. The highest BCUT2D eigenvalue weighted by atomic mass is 19.4. The lowest BCUT2D eigenvalue weighted by Crippen LogP contribution is -2.45. The van der Waals surface area contributed by atoms with Gasteiger partial charge < -0.3 is 5.32 Å². The Morgan fingerprint density at radius 2 is 1.78 bits per heavy atom. The van der Waals surface area contributed by atoms with Gasteiger partial charge in [-0.05, 0) is 29.3 Å². The van der Waals surface area contributed by atoms with Crippen LogP contribution in [0.4, 0.5) is 13.2 Å². The Morgan fingerprint density at radius 1 is 1.04 bits per heavy atom. The number of halogens is 3. The van der Waals surface area contributed by atoms with E-state index >= 15 is 0 Å². The van der Waals surface area contributed by atoms with E-state index in [0.717, 1.165) is 37.8 Å². The first kappa shape index (κ1) is 16.0. The molecule has 6 heteroatoms. The number of nitrogens with one attached hydrogen (secondary N) is 1.